The van der Waals surface area contributed by atoms with Gasteiger partial charge in [0.05, 0.1) is 5.69 Å². The number of allylic oxidation sites excluding steroid dienone is 4. The maximum atomic E-state index is 7.36. The van der Waals surface area contributed by atoms with Crippen molar-refractivity contribution in [3.8, 4) is 0 Å². The van der Waals surface area contributed by atoms with Gasteiger partial charge in [0.25, 0.3) is 0 Å². The van der Waals surface area contributed by atoms with Crippen LogP contribution in [-0.2, 0) is 0 Å². The molecule has 3 nitrogen and oxygen atoms in total. The first-order valence-corrected chi connectivity index (χ1v) is 6.12. The van der Waals surface area contributed by atoms with Gasteiger partial charge in [0.1, 0.15) is 0 Å². The number of nitrogens with two attached hydrogens (primary N) is 1. The van der Waals surface area contributed by atoms with E-state index in [-0.39, 0.29) is 0 Å². The molecule has 0 aliphatic rings. The van der Waals surface area contributed by atoms with E-state index in [1.807, 2.05) is 38.3 Å². The Bertz CT molecular complexity index is 502. The van der Waals surface area contributed by atoms with E-state index in [0.717, 1.165) is 34.5 Å². The second kappa shape index (κ2) is 6.64. The van der Waals surface area contributed by atoms with E-state index in [1.165, 1.54) is 6.21 Å². The Kier molecular flexibility index (Phi) is 5.18. The Balaban J connectivity index is 3.21. The van der Waals surface area contributed by atoms with Crippen LogP contribution in [0.4, 0.5) is 0 Å². The quantitative estimate of drug-likeness (QED) is 0.535. The molecular weight excluding hydrogens is 222 g/mol. The summed E-state index contributed by atoms with van der Waals surface area (Å²) in [6.07, 6.45) is 12.2. The minimum absolute atomic E-state index is 0.717. The Labute approximate surface area is 109 Å². The van der Waals surface area contributed by atoms with E-state index >= 15 is 0 Å². The van der Waals surface area contributed by atoms with Crippen molar-refractivity contribution in [3.05, 3.63) is 46.8 Å². The van der Waals surface area contributed by atoms with Gasteiger partial charge >= 0.3 is 0 Å². The molecular formula is C15H21N3. The molecule has 0 saturated heterocycles. The highest BCUT2D eigenvalue weighted by atomic mass is 14.7. The zero-order chi connectivity index (χ0) is 13.5. The van der Waals surface area contributed by atoms with Crippen LogP contribution in [0.2, 0.25) is 0 Å². The Hall–Kier alpha value is -2.03. The number of nitrogens with one attached hydrogen (secondary N) is 2. The second-order valence-corrected chi connectivity index (χ2v) is 4.13. The van der Waals surface area contributed by atoms with Crippen LogP contribution in [0.5, 0.6) is 0 Å². The summed E-state index contributed by atoms with van der Waals surface area (Å²) < 4.78 is 0. The van der Waals surface area contributed by atoms with E-state index in [4.69, 9.17) is 11.1 Å². The van der Waals surface area contributed by atoms with Gasteiger partial charge in [0.15, 0.2) is 0 Å². The van der Waals surface area contributed by atoms with Crippen LogP contribution in [0, 0.1) is 5.41 Å². The summed E-state index contributed by atoms with van der Waals surface area (Å²) in [7, 11) is 0. The van der Waals surface area contributed by atoms with Crippen molar-refractivity contribution >= 4 is 18.0 Å². The monoisotopic (exact) mass is 243 g/mol. The molecule has 0 unspecified atom stereocenters. The van der Waals surface area contributed by atoms with E-state index in [1.54, 1.807) is 0 Å². The van der Waals surface area contributed by atoms with Crippen LogP contribution in [0.1, 0.15) is 44.0 Å². The van der Waals surface area contributed by atoms with Gasteiger partial charge in [0, 0.05) is 29.2 Å². The molecule has 1 aromatic rings. The molecule has 0 aliphatic heterocycles. The maximum Gasteiger partial charge on any atom is 0.0639 e. The third-order valence-corrected chi connectivity index (χ3v) is 2.65. The molecule has 0 amide bonds. The van der Waals surface area contributed by atoms with Crippen molar-refractivity contribution in [2.75, 3.05) is 0 Å². The number of rotatable bonds is 5. The minimum Gasteiger partial charge on any atom is -0.398 e. The van der Waals surface area contributed by atoms with Crippen LogP contribution in [0.15, 0.2) is 30.0 Å². The van der Waals surface area contributed by atoms with Crippen molar-refractivity contribution in [2.45, 2.75) is 27.2 Å². The lowest BCUT2D eigenvalue weighted by Gasteiger charge is -2.02. The van der Waals surface area contributed by atoms with Crippen LogP contribution in [0.3, 0.4) is 0 Å². The standard InChI is InChI=1S/C15H21N3/c1-4-6-11(3)8-14(17)13-10-18-15(9-16)12(13)7-5-2/h5-10,16,18H,4,17H2,1-3H3/b7-5-,11-6-,14-8-,16-9?. The summed E-state index contributed by atoms with van der Waals surface area (Å²) in [5, 5.41) is 7.36. The number of hydrogen-bond acceptors (Lipinski definition) is 2. The number of aromatic nitrogens is 1. The molecule has 0 atom stereocenters. The number of H-pyrrole nitrogens is 1. The van der Waals surface area contributed by atoms with E-state index < -0.39 is 0 Å². The molecule has 0 saturated carbocycles. The highest BCUT2D eigenvalue weighted by molar-refractivity contribution is 5.87. The third-order valence-electron chi connectivity index (χ3n) is 2.65. The normalized spacial score (nSPS) is 13.3. The average molecular weight is 243 g/mol. The zero-order valence-electron chi connectivity index (χ0n) is 11.2. The van der Waals surface area contributed by atoms with Crippen LogP contribution >= 0.6 is 0 Å². The highest BCUT2D eigenvalue weighted by Gasteiger charge is 2.08. The summed E-state index contributed by atoms with van der Waals surface area (Å²) in [4.78, 5) is 3.06. The van der Waals surface area contributed by atoms with Crippen molar-refractivity contribution < 1.29 is 0 Å². The van der Waals surface area contributed by atoms with Gasteiger partial charge in [-0.15, -0.1) is 0 Å². The molecule has 18 heavy (non-hydrogen) atoms. The second-order valence-electron chi connectivity index (χ2n) is 4.13. The average Bonchev–Trinajstić information content (AvgIpc) is 2.72. The van der Waals surface area contributed by atoms with Crippen molar-refractivity contribution in [3.63, 3.8) is 0 Å². The SMILES string of the molecule is C/C=C\c1c(/C(N)=C/C(C)=C\CC)c[nH]c1C=N. The van der Waals surface area contributed by atoms with Crippen molar-refractivity contribution in [1.82, 2.24) is 4.98 Å². The van der Waals surface area contributed by atoms with Gasteiger partial charge in [-0.1, -0.05) is 30.7 Å². The first-order chi connectivity index (χ1) is 8.63. The Morgan fingerprint density at radius 1 is 1.50 bits per heavy atom. The molecule has 1 heterocycles. The zero-order valence-corrected chi connectivity index (χ0v) is 11.2. The molecule has 3 heteroatoms. The van der Waals surface area contributed by atoms with Crippen LogP contribution in [-0.4, -0.2) is 11.2 Å². The predicted octanol–water partition coefficient (Wildman–Crippen LogP) is 3.70. The lowest BCUT2D eigenvalue weighted by molar-refractivity contribution is 1.20. The molecule has 0 radical (unpaired) electrons. The minimum atomic E-state index is 0.717. The van der Waals surface area contributed by atoms with E-state index in [9.17, 15) is 0 Å². The largest absolute Gasteiger partial charge is 0.398 e. The van der Waals surface area contributed by atoms with Gasteiger partial charge in [-0.3, -0.25) is 0 Å². The van der Waals surface area contributed by atoms with Gasteiger partial charge in [0.2, 0.25) is 0 Å². The van der Waals surface area contributed by atoms with Crippen LogP contribution < -0.4 is 5.73 Å². The Morgan fingerprint density at radius 2 is 2.22 bits per heavy atom. The number of aromatic amines is 1. The predicted molar refractivity (Wildman–Crippen MR) is 79.6 cm³/mol. The molecule has 0 spiro atoms. The first kappa shape index (κ1) is 14.0. The number of hydrogen-bond donors (Lipinski definition) is 3. The van der Waals surface area contributed by atoms with Crippen LogP contribution in [0.25, 0.3) is 11.8 Å². The van der Waals surface area contributed by atoms with Gasteiger partial charge in [-0.25, -0.2) is 0 Å². The van der Waals surface area contributed by atoms with Crippen molar-refractivity contribution in [1.29, 1.82) is 5.41 Å². The van der Waals surface area contributed by atoms with Gasteiger partial charge in [-0.2, -0.15) is 0 Å². The topological polar surface area (TPSA) is 65.7 Å². The molecule has 0 aliphatic carbocycles. The lowest BCUT2D eigenvalue weighted by Crippen LogP contribution is -1.97. The fraction of sp³-hybridized carbons (Fsp3) is 0.267. The van der Waals surface area contributed by atoms with E-state index in [2.05, 4.69) is 18.0 Å². The summed E-state index contributed by atoms with van der Waals surface area (Å²) in [5.74, 6) is 0. The lowest BCUT2D eigenvalue weighted by atomic mass is 10.1. The highest BCUT2D eigenvalue weighted by Crippen LogP contribution is 2.21. The fourth-order valence-corrected chi connectivity index (χ4v) is 1.86. The molecule has 0 aromatic carbocycles. The Morgan fingerprint density at radius 3 is 2.78 bits per heavy atom. The van der Waals surface area contributed by atoms with Gasteiger partial charge < -0.3 is 16.1 Å². The summed E-state index contributed by atoms with van der Waals surface area (Å²) in [5.41, 5.74) is 10.7. The van der Waals surface area contributed by atoms with Gasteiger partial charge in [-0.05, 0) is 26.3 Å². The summed E-state index contributed by atoms with van der Waals surface area (Å²) in [6.45, 7) is 6.09. The summed E-state index contributed by atoms with van der Waals surface area (Å²) in [6, 6.07) is 0. The fourth-order valence-electron chi connectivity index (χ4n) is 1.86. The molecule has 0 bridgehead atoms. The molecule has 1 aromatic heterocycles. The molecule has 0 fully saturated rings. The third kappa shape index (κ3) is 3.23. The molecule has 1 rings (SSSR count). The first-order valence-electron chi connectivity index (χ1n) is 6.12. The van der Waals surface area contributed by atoms with Crippen molar-refractivity contribution in [2.24, 2.45) is 5.73 Å². The molecule has 96 valence electrons. The molecule has 4 N–H and O–H groups in total. The smallest absolute Gasteiger partial charge is 0.0639 e. The van der Waals surface area contributed by atoms with E-state index in [0.29, 0.717) is 0 Å². The summed E-state index contributed by atoms with van der Waals surface area (Å²) >= 11 is 0. The maximum absolute atomic E-state index is 7.36.